The number of anilines is 1. The van der Waals surface area contributed by atoms with Crippen molar-refractivity contribution in [1.29, 1.82) is 0 Å². The quantitative estimate of drug-likeness (QED) is 0.633. The summed E-state index contributed by atoms with van der Waals surface area (Å²) >= 11 is 12.0. The van der Waals surface area contributed by atoms with Crippen molar-refractivity contribution in [3.63, 3.8) is 0 Å². The lowest BCUT2D eigenvalue weighted by molar-refractivity contribution is -0.899. The number of nitrogens with two attached hydrogens (primary N) is 1. The van der Waals surface area contributed by atoms with E-state index in [-0.39, 0.29) is 36.7 Å². The molecule has 1 aromatic carbocycles. The maximum atomic E-state index is 12.4. The Labute approximate surface area is 162 Å². The monoisotopic (exact) mass is 401 g/mol. The first kappa shape index (κ1) is 20.5. The largest absolute Gasteiger partial charge is 0.369 e. The summed E-state index contributed by atoms with van der Waals surface area (Å²) in [5, 5.41) is 3.28. The molecule has 9 heteroatoms. The zero-order chi connectivity index (χ0) is 19.3. The molecular formula is C17H23Cl2N4O3+. The van der Waals surface area contributed by atoms with Gasteiger partial charge in [0.1, 0.15) is 0 Å². The topological polar surface area (TPSA) is 96.9 Å². The molecule has 142 valence electrons. The van der Waals surface area contributed by atoms with E-state index in [0.717, 1.165) is 24.3 Å². The number of benzene rings is 1. The Bertz CT molecular complexity index is 678. The van der Waals surface area contributed by atoms with Crippen LogP contribution in [0.15, 0.2) is 18.2 Å². The highest BCUT2D eigenvalue weighted by Gasteiger charge is 2.29. The minimum absolute atomic E-state index is 0.118. The van der Waals surface area contributed by atoms with E-state index in [2.05, 4.69) is 5.32 Å². The zero-order valence-corrected chi connectivity index (χ0v) is 16.1. The number of carbonyl (C=O) groups is 3. The van der Waals surface area contributed by atoms with Crippen LogP contribution < -0.4 is 16.0 Å². The van der Waals surface area contributed by atoms with Crippen molar-refractivity contribution < 1.29 is 19.3 Å². The molecule has 1 unspecified atom stereocenters. The molecule has 2 atom stereocenters. The second kappa shape index (κ2) is 9.21. The van der Waals surface area contributed by atoms with E-state index < -0.39 is 0 Å². The van der Waals surface area contributed by atoms with Crippen molar-refractivity contribution in [1.82, 2.24) is 4.90 Å². The van der Waals surface area contributed by atoms with E-state index in [1.165, 1.54) is 4.90 Å². The summed E-state index contributed by atoms with van der Waals surface area (Å²) in [6.45, 7) is 1.47. The van der Waals surface area contributed by atoms with Gasteiger partial charge in [-0.25, -0.2) is 0 Å². The lowest BCUT2D eigenvalue weighted by Crippen LogP contribution is -3.14. The number of likely N-dealkylation sites (N-methyl/N-ethyl adjacent to an activating group) is 1. The van der Waals surface area contributed by atoms with Crippen LogP contribution in [0.4, 0.5) is 5.69 Å². The highest BCUT2D eigenvalue weighted by atomic mass is 35.5. The van der Waals surface area contributed by atoms with Crippen LogP contribution in [0.1, 0.15) is 12.8 Å². The Kier molecular flexibility index (Phi) is 7.25. The first-order valence-electron chi connectivity index (χ1n) is 8.38. The van der Waals surface area contributed by atoms with Gasteiger partial charge in [0.25, 0.3) is 5.91 Å². The minimum atomic E-state index is -0.389. The van der Waals surface area contributed by atoms with Gasteiger partial charge in [-0.2, -0.15) is 0 Å². The number of amides is 3. The van der Waals surface area contributed by atoms with E-state index >= 15 is 0 Å². The highest BCUT2D eigenvalue weighted by molar-refractivity contribution is 6.39. The van der Waals surface area contributed by atoms with Crippen molar-refractivity contribution in [3.8, 4) is 0 Å². The Morgan fingerprint density at radius 3 is 2.58 bits per heavy atom. The predicted molar refractivity (Wildman–Crippen MR) is 100 cm³/mol. The number of primary amides is 1. The molecule has 0 bridgehead atoms. The normalized spacial score (nSPS) is 19.7. The van der Waals surface area contributed by atoms with Gasteiger partial charge in [0, 0.05) is 7.05 Å². The zero-order valence-electron chi connectivity index (χ0n) is 14.6. The highest BCUT2D eigenvalue weighted by Crippen LogP contribution is 2.29. The smallest absolute Gasteiger partial charge is 0.277 e. The van der Waals surface area contributed by atoms with Gasteiger partial charge >= 0.3 is 0 Å². The molecule has 1 aliphatic heterocycles. The molecule has 2 rings (SSSR count). The molecule has 1 saturated heterocycles. The second-order valence-electron chi connectivity index (χ2n) is 6.52. The third-order valence-corrected chi connectivity index (χ3v) is 5.09. The minimum Gasteiger partial charge on any atom is -0.369 e. The number of hydrogen-bond acceptors (Lipinski definition) is 3. The average Bonchev–Trinajstić information content (AvgIpc) is 2.58. The number of para-hydroxylation sites is 1. The number of nitrogens with one attached hydrogen (secondary N) is 2. The fourth-order valence-electron chi connectivity index (χ4n) is 3.00. The molecule has 0 aromatic heterocycles. The van der Waals surface area contributed by atoms with Gasteiger partial charge in [-0.3, -0.25) is 14.4 Å². The number of quaternary nitrogens is 1. The van der Waals surface area contributed by atoms with E-state index in [1.54, 1.807) is 25.2 Å². The van der Waals surface area contributed by atoms with E-state index in [4.69, 9.17) is 28.9 Å². The number of hydrogen-bond donors (Lipinski definition) is 3. The number of likely N-dealkylation sites (tertiary alicyclic amines) is 1. The third-order valence-electron chi connectivity index (χ3n) is 4.46. The standard InChI is InChI=1S/C17H22Cl2N4O3/c1-22(9-14(24)21-16-12(18)5-2-6-13(16)19)15(25)10-23-7-3-4-11(8-23)17(20)26/h2,5-6,11H,3-4,7-10H2,1H3,(H2,20,26)(H,21,24)/p+1/t11-/m1/s1. The van der Waals surface area contributed by atoms with E-state index in [9.17, 15) is 14.4 Å². The van der Waals surface area contributed by atoms with Gasteiger partial charge in [-0.1, -0.05) is 29.3 Å². The van der Waals surface area contributed by atoms with Crippen molar-refractivity contribution in [2.24, 2.45) is 11.7 Å². The van der Waals surface area contributed by atoms with Crippen molar-refractivity contribution in [2.75, 3.05) is 38.5 Å². The van der Waals surface area contributed by atoms with E-state index in [0.29, 0.717) is 22.3 Å². The summed E-state index contributed by atoms with van der Waals surface area (Å²) in [6.07, 6.45) is 1.62. The van der Waals surface area contributed by atoms with Gasteiger partial charge in [0.15, 0.2) is 6.54 Å². The molecule has 0 spiro atoms. The number of carbonyl (C=O) groups excluding carboxylic acids is 3. The number of rotatable bonds is 6. The first-order valence-corrected chi connectivity index (χ1v) is 9.14. The molecule has 26 heavy (non-hydrogen) atoms. The van der Waals surface area contributed by atoms with Crippen molar-refractivity contribution >= 4 is 46.6 Å². The van der Waals surface area contributed by atoms with Gasteiger partial charge < -0.3 is 20.9 Å². The lowest BCUT2D eigenvalue weighted by Gasteiger charge is -2.29. The molecule has 1 aliphatic rings. The van der Waals surface area contributed by atoms with Gasteiger partial charge in [0.2, 0.25) is 11.8 Å². The van der Waals surface area contributed by atoms with Crippen LogP contribution in [-0.4, -0.2) is 55.8 Å². The fraction of sp³-hybridized carbons (Fsp3) is 0.471. The Hall–Kier alpha value is -1.83. The van der Waals surface area contributed by atoms with Crippen molar-refractivity contribution in [3.05, 3.63) is 28.2 Å². The van der Waals surface area contributed by atoms with Crippen LogP contribution in [0.3, 0.4) is 0 Å². The first-order chi connectivity index (χ1) is 12.3. The summed E-state index contributed by atoms with van der Waals surface area (Å²) in [5.74, 6) is -1.08. The second-order valence-corrected chi connectivity index (χ2v) is 7.33. The summed E-state index contributed by atoms with van der Waals surface area (Å²) in [5.41, 5.74) is 5.69. The lowest BCUT2D eigenvalue weighted by atomic mass is 9.97. The van der Waals surface area contributed by atoms with Crippen LogP contribution in [0, 0.1) is 5.92 Å². The van der Waals surface area contributed by atoms with Gasteiger partial charge in [-0.15, -0.1) is 0 Å². The maximum Gasteiger partial charge on any atom is 0.277 e. The summed E-state index contributed by atoms with van der Waals surface area (Å²) in [6, 6.07) is 4.91. The molecular weight excluding hydrogens is 379 g/mol. The summed E-state index contributed by atoms with van der Waals surface area (Å²) < 4.78 is 0. The molecule has 1 aromatic rings. The fourth-order valence-corrected chi connectivity index (χ4v) is 3.49. The van der Waals surface area contributed by atoms with Crippen LogP contribution in [0.5, 0.6) is 0 Å². The Morgan fingerprint density at radius 1 is 1.31 bits per heavy atom. The average molecular weight is 402 g/mol. The molecule has 3 amide bonds. The molecule has 0 radical (unpaired) electrons. The van der Waals surface area contributed by atoms with Crippen LogP contribution >= 0.6 is 23.2 Å². The maximum absolute atomic E-state index is 12.4. The number of piperidine rings is 1. The molecule has 4 N–H and O–H groups in total. The molecule has 1 fully saturated rings. The van der Waals surface area contributed by atoms with Crippen LogP contribution in [0.2, 0.25) is 10.0 Å². The number of halogens is 2. The third kappa shape index (κ3) is 5.59. The van der Waals surface area contributed by atoms with Crippen molar-refractivity contribution in [2.45, 2.75) is 12.8 Å². The number of nitrogens with zero attached hydrogens (tertiary/aromatic N) is 1. The predicted octanol–water partition coefficient (Wildman–Crippen LogP) is 0.171. The molecule has 7 nitrogen and oxygen atoms in total. The Balaban J connectivity index is 1.86. The summed E-state index contributed by atoms with van der Waals surface area (Å²) in [7, 11) is 1.56. The molecule has 1 heterocycles. The van der Waals surface area contributed by atoms with Gasteiger partial charge in [0.05, 0.1) is 41.3 Å². The van der Waals surface area contributed by atoms with Crippen LogP contribution in [0.25, 0.3) is 0 Å². The summed E-state index contributed by atoms with van der Waals surface area (Å²) in [4.78, 5) is 38.2. The molecule has 0 aliphatic carbocycles. The SMILES string of the molecule is CN(CC(=O)Nc1c(Cl)cccc1Cl)C(=O)C[NH+]1CCC[C@@H](C(N)=O)C1. The van der Waals surface area contributed by atoms with E-state index in [1.807, 2.05) is 0 Å². The van der Waals surface area contributed by atoms with Gasteiger partial charge in [-0.05, 0) is 25.0 Å². The molecule has 0 saturated carbocycles. The van der Waals surface area contributed by atoms with Crippen LogP contribution in [-0.2, 0) is 14.4 Å². The Morgan fingerprint density at radius 2 is 1.96 bits per heavy atom.